The van der Waals surface area contributed by atoms with Crippen LogP contribution >= 0.6 is 23.4 Å². The summed E-state index contributed by atoms with van der Waals surface area (Å²) in [6, 6.07) is 13.4. The van der Waals surface area contributed by atoms with Gasteiger partial charge in [-0.25, -0.2) is 4.39 Å². The summed E-state index contributed by atoms with van der Waals surface area (Å²) in [5, 5.41) is 12.3. The summed E-state index contributed by atoms with van der Waals surface area (Å²) in [5.74, 6) is 0.765. The van der Waals surface area contributed by atoms with Gasteiger partial charge in [-0.2, -0.15) is 0 Å². The van der Waals surface area contributed by atoms with E-state index in [0.717, 1.165) is 10.7 Å². The van der Waals surface area contributed by atoms with Gasteiger partial charge in [0, 0.05) is 12.3 Å². The Balaban J connectivity index is 1.65. The first-order valence-electron chi connectivity index (χ1n) is 8.40. The molecular weight excluding hydrogens is 387 g/mol. The molecule has 27 heavy (non-hydrogen) atoms. The van der Waals surface area contributed by atoms with Crippen LogP contribution in [0, 0.1) is 5.82 Å². The maximum Gasteiger partial charge on any atom is 0.232 e. The fourth-order valence-electron chi connectivity index (χ4n) is 2.50. The van der Waals surface area contributed by atoms with Gasteiger partial charge in [0.2, 0.25) is 5.91 Å². The second kappa shape index (κ2) is 9.01. The molecule has 2 aromatic carbocycles. The van der Waals surface area contributed by atoms with E-state index in [1.54, 1.807) is 36.4 Å². The first-order chi connectivity index (χ1) is 13.1. The van der Waals surface area contributed by atoms with E-state index >= 15 is 0 Å². The van der Waals surface area contributed by atoms with Crippen LogP contribution in [0.4, 0.5) is 10.1 Å². The number of rotatable bonds is 7. The summed E-state index contributed by atoms with van der Waals surface area (Å²) in [7, 11) is 0. The van der Waals surface area contributed by atoms with E-state index in [4.69, 9.17) is 11.6 Å². The minimum atomic E-state index is -0.257. The molecule has 0 unspecified atom stereocenters. The number of anilines is 1. The number of thioether (sulfide) groups is 1. The number of para-hydroxylation sites is 1. The first kappa shape index (κ1) is 19.4. The Morgan fingerprint density at radius 1 is 1.19 bits per heavy atom. The number of hydrogen-bond acceptors (Lipinski definition) is 4. The molecule has 0 fully saturated rings. The second-order valence-corrected chi connectivity index (χ2v) is 7.11. The summed E-state index contributed by atoms with van der Waals surface area (Å²) in [6.07, 6.45) is 0.100. The summed E-state index contributed by atoms with van der Waals surface area (Å²) >= 11 is 7.57. The zero-order valence-electron chi connectivity index (χ0n) is 14.7. The van der Waals surface area contributed by atoms with Crippen molar-refractivity contribution in [2.24, 2.45) is 0 Å². The average Bonchev–Trinajstić information content (AvgIpc) is 3.04. The number of benzene rings is 2. The Morgan fingerprint density at radius 2 is 1.93 bits per heavy atom. The van der Waals surface area contributed by atoms with Crippen LogP contribution in [-0.4, -0.2) is 20.7 Å². The number of hydrogen-bond donors (Lipinski definition) is 1. The monoisotopic (exact) mass is 404 g/mol. The number of nitrogens with one attached hydrogen (secondary N) is 1. The van der Waals surface area contributed by atoms with Crippen molar-refractivity contribution in [1.29, 1.82) is 0 Å². The molecule has 0 bridgehead atoms. The molecule has 0 aliphatic carbocycles. The normalized spacial score (nSPS) is 10.8. The highest BCUT2D eigenvalue weighted by atomic mass is 35.5. The third-order valence-electron chi connectivity index (χ3n) is 3.86. The van der Waals surface area contributed by atoms with Gasteiger partial charge in [-0.3, -0.25) is 4.79 Å². The van der Waals surface area contributed by atoms with Crippen LogP contribution in [0.2, 0.25) is 5.02 Å². The summed E-state index contributed by atoms with van der Waals surface area (Å²) < 4.78 is 14.9. The third kappa shape index (κ3) is 5.08. The van der Waals surface area contributed by atoms with Gasteiger partial charge in [0.25, 0.3) is 0 Å². The topological polar surface area (TPSA) is 59.8 Å². The maximum atomic E-state index is 13.0. The largest absolute Gasteiger partial charge is 0.324 e. The van der Waals surface area contributed by atoms with E-state index in [2.05, 4.69) is 15.5 Å². The molecule has 3 aromatic rings. The van der Waals surface area contributed by atoms with Gasteiger partial charge in [0.15, 0.2) is 5.16 Å². The molecule has 0 aliphatic heterocycles. The zero-order chi connectivity index (χ0) is 19.2. The lowest BCUT2D eigenvalue weighted by atomic mass is 10.2. The Bertz CT molecular complexity index is 930. The Hall–Kier alpha value is -2.38. The SMILES string of the molecule is CCn1c(CC(=O)Nc2ccccc2Cl)nnc1SCc1ccc(F)cc1. The lowest BCUT2D eigenvalue weighted by molar-refractivity contribution is -0.115. The number of halogens is 2. The molecule has 0 radical (unpaired) electrons. The second-order valence-electron chi connectivity index (χ2n) is 5.76. The predicted octanol–water partition coefficient (Wildman–Crippen LogP) is 4.56. The fraction of sp³-hybridized carbons (Fsp3) is 0.211. The molecule has 5 nitrogen and oxygen atoms in total. The number of aromatic nitrogens is 3. The molecule has 0 saturated heterocycles. The van der Waals surface area contributed by atoms with Crippen LogP contribution in [0.5, 0.6) is 0 Å². The van der Waals surface area contributed by atoms with E-state index in [1.165, 1.54) is 23.9 Å². The van der Waals surface area contributed by atoms with Gasteiger partial charge in [0.05, 0.1) is 17.1 Å². The van der Waals surface area contributed by atoms with E-state index < -0.39 is 0 Å². The smallest absolute Gasteiger partial charge is 0.232 e. The lowest BCUT2D eigenvalue weighted by Crippen LogP contribution is -2.17. The van der Waals surface area contributed by atoms with Gasteiger partial charge in [0.1, 0.15) is 11.6 Å². The van der Waals surface area contributed by atoms with Crippen molar-refractivity contribution in [2.75, 3.05) is 5.32 Å². The van der Waals surface area contributed by atoms with Crippen molar-refractivity contribution >= 4 is 35.0 Å². The predicted molar refractivity (Wildman–Crippen MR) is 105 cm³/mol. The molecule has 0 saturated carbocycles. The van der Waals surface area contributed by atoms with Crippen LogP contribution in [0.15, 0.2) is 53.7 Å². The molecule has 8 heteroatoms. The van der Waals surface area contributed by atoms with Crippen molar-refractivity contribution in [3.05, 3.63) is 70.8 Å². The van der Waals surface area contributed by atoms with Gasteiger partial charge >= 0.3 is 0 Å². The zero-order valence-corrected chi connectivity index (χ0v) is 16.2. The highest BCUT2D eigenvalue weighted by molar-refractivity contribution is 7.98. The Morgan fingerprint density at radius 3 is 2.63 bits per heavy atom. The molecule has 1 aromatic heterocycles. The highest BCUT2D eigenvalue weighted by Gasteiger charge is 2.15. The molecule has 1 heterocycles. The number of amides is 1. The number of carbonyl (C=O) groups excluding carboxylic acids is 1. The number of carbonyl (C=O) groups is 1. The molecule has 0 atom stereocenters. The van der Waals surface area contributed by atoms with Crippen molar-refractivity contribution in [3.63, 3.8) is 0 Å². The standard InChI is InChI=1S/C19H18ClFN4OS/c1-2-25-17(11-18(26)22-16-6-4-3-5-15(16)20)23-24-19(25)27-12-13-7-9-14(21)10-8-13/h3-10H,2,11-12H2,1H3,(H,22,26). The van der Waals surface area contributed by atoms with Gasteiger partial charge in [-0.05, 0) is 36.8 Å². The maximum absolute atomic E-state index is 13.0. The van der Waals surface area contributed by atoms with Crippen LogP contribution in [0.3, 0.4) is 0 Å². The van der Waals surface area contributed by atoms with Crippen molar-refractivity contribution in [2.45, 2.75) is 30.8 Å². The minimum Gasteiger partial charge on any atom is -0.324 e. The molecule has 0 aliphatic rings. The molecule has 0 spiro atoms. The van der Waals surface area contributed by atoms with Gasteiger partial charge in [-0.1, -0.05) is 47.6 Å². The minimum absolute atomic E-state index is 0.100. The summed E-state index contributed by atoms with van der Waals surface area (Å²) in [5.41, 5.74) is 1.56. The van der Waals surface area contributed by atoms with Crippen molar-refractivity contribution in [1.82, 2.24) is 14.8 Å². The molecule has 1 N–H and O–H groups in total. The van der Waals surface area contributed by atoms with Crippen LogP contribution < -0.4 is 5.32 Å². The van der Waals surface area contributed by atoms with Crippen LogP contribution in [0.25, 0.3) is 0 Å². The third-order valence-corrected chi connectivity index (χ3v) is 5.22. The van der Waals surface area contributed by atoms with E-state index in [0.29, 0.717) is 28.8 Å². The summed E-state index contributed by atoms with van der Waals surface area (Å²) in [6.45, 7) is 2.62. The quantitative estimate of drug-likeness (QED) is 0.586. The first-order valence-corrected chi connectivity index (χ1v) is 9.77. The van der Waals surface area contributed by atoms with Crippen molar-refractivity contribution < 1.29 is 9.18 Å². The van der Waals surface area contributed by atoms with Crippen LogP contribution in [-0.2, 0) is 23.5 Å². The Kier molecular flexibility index (Phi) is 6.47. The fourth-order valence-corrected chi connectivity index (χ4v) is 3.66. The Labute approximate surface area is 166 Å². The molecule has 1 amide bonds. The van der Waals surface area contributed by atoms with Gasteiger partial charge < -0.3 is 9.88 Å². The average molecular weight is 405 g/mol. The molecule has 140 valence electrons. The van der Waals surface area contributed by atoms with E-state index in [-0.39, 0.29) is 18.1 Å². The highest BCUT2D eigenvalue weighted by Crippen LogP contribution is 2.23. The van der Waals surface area contributed by atoms with E-state index in [1.807, 2.05) is 11.5 Å². The number of nitrogens with zero attached hydrogens (tertiary/aromatic N) is 3. The molecular formula is C19H18ClFN4OS. The van der Waals surface area contributed by atoms with Crippen LogP contribution in [0.1, 0.15) is 18.3 Å². The van der Waals surface area contributed by atoms with Gasteiger partial charge in [-0.15, -0.1) is 10.2 Å². The summed E-state index contributed by atoms with van der Waals surface area (Å²) in [4.78, 5) is 12.3. The lowest BCUT2D eigenvalue weighted by Gasteiger charge is -2.09. The van der Waals surface area contributed by atoms with Crippen molar-refractivity contribution in [3.8, 4) is 0 Å². The molecule has 3 rings (SSSR count). The van der Waals surface area contributed by atoms with E-state index in [9.17, 15) is 9.18 Å².